The lowest BCUT2D eigenvalue weighted by Crippen LogP contribution is -2.24. The lowest BCUT2D eigenvalue weighted by molar-refractivity contribution is -0.137. The first-order valence-corrected chi connectivity index (χ1v) is 7.07. The highest BCUT2D eigenvalue weighted by molar-refractivity contribution is 5.92. The lowest BCUT2D eigenvalue weighted by atomic mass is 10.1. The molecule has 0 aliphatic rings. The van der Waals surface area contributed by atoms with Crippen LogP contribution < -0.4 is 11.1 Å². The molecule has 0 atom stereocenters. The van der Waals surface area contributed by atoms with Gasteiger partial charge in [0.2, 0.25) is 11.8 Å². The van der Waals surface area contributed by atoms with Gasteiger partial charge in [0.25, 0.3) is 0 Å². The number of benzene rings is 2. The summed E-state index contributed by atoms with van der Waals surface area (Å²) in [5.41, 5.74) is 5.94. The van der Waals surface area contributed by atoms with E-state index in [1.807, 2.05) is 0 Å². The van der Waals surface area contributed by atoms with Gasteiger partial charge in [-0.2, -0.15) is 13.2 Å². The molecular formula is C17H15F3N2O2. The fourth-order valence-corrected chi connectivity index (χ4v) is 2.09. The van der Waals surface area contributed by atoms with Gasteiger partial charge in [0.15, 0.2) is 0 Å². The summed E-state index contributed by atoms with van der Waals surface area (Å²) in [5.74, 6) is -0.896. The van der Waals surface area contributed by atoms with Crippen LogP contribution in [-0.2, 0) is 23.9 Å². The number of nitrogens with one attached hydrogen (secondary N) is 1. The Labute approximate surface area is 136 Å². The molecule has 3 N–H and O–H groups in total. The first-order chi connectivity index (χ1) is 11.3. The second-order valence-corrected chi connectivity index (χ2v) is 5.21. The van der Waals surface area contributed by atoms with Crippen LogP contribution in [-0.4, -0.2) is 11.8 Å². The first kappa shape index (κ1) is 17.5. The van der Waals surface area contributed by atoms with Crippen molar-refractivity contribution >= 4 is 11.8 Å². The highest BCUT2D eigenvalue weighted by Crippen LogP contribution is 2.29. The molecule has 0 radical (unpaired) electrons. The van der Waals surface area contributed by atoms with Crippen molar-refractivity contribution < 1.29 is 22.8 Å². The Morgan fingerprint density at radius 1 is 1.00 bits per heavy atom. The fourth-order valence-electron chi connectivity index (χ4n) is 2.09. The van der Waals surface area contributed by atoms with Crippen molar-refractivity contribution in [2.75, 3.05) is 0 Å². The van der Waals surface area contributed by atoms with E-state index in [9.17, 15) is 22.8 Å². The molecule has 0 fully saturated rings. The van der Waals surface area contributed by atoms with Crippen molar-refractivity contribution in [2.24, 2.45) is 5.73 Å². The summed E-state index contributed by atoms with van der Waals surface area (Å²) in [4.78, 5) is 22.9. The molecule has 4 nitrogen and oxygen atoms in total. The van der Waals surface area contributed by atoms with E-state index >= 15 is 0 Å². The van der Waals surface area contributed by atoms with Crippen molar-refractivity contribution in [2.45, 2.75) is 19.1 Å². The van der Waals surface area contributed by atoms with Crippen LogP contribution in [0.25, 0.3) is 0 Å². The number of alkyl halides is 3. The summed E-state index contributed by atoms with van der Waals surface area (Å²) in [5, 5.41) is 2.65. The van der Waals surface area contributed by atoms with Crippen LogP contribution in [0.4, 0.5) is 13.2 Å². The minimum absolute atomic E-state index is 0.0341. The third-order valence-corrected chi connectivity index (χ3v) is 3.35. The van der Waals surface area contributed by atoms with Gasteiger partial charge < -0.3 is 11.1 Å². The molecule has 0 spiro atoms. The monoisotopic (exact) mass is 336 g/mol. The minimum atomic E-state index is -4.40. The zero-order valence-corrected chi connectivity index (χ0v) is 12.6. The minimum Gasteiger partial charge on any atom is -0.366 e. The molecule has 0 aliphatic carbocycles. The molecule has 0 aliphatic heterocycles. The number of rotatable bonds is 5. The second-order valence-electron chi connectivity index (χ2n) is 5.21. The quantitative estimate of drug-likeness (QED) is 0.881. The van der Waals surface area contributed by atoms with Gasteiger partial charge in [0, 0.05) is 12.1 Å². The van der Waals surface area contributed by atoms with E-state index in [-0.39, 0.29) is 18.9 Å². The van der Waals surface area contributed by atoms with E-state index in [4.69, 9.17) is 5.73 Å². The maximum atomic E-state index is 12.5. The van der Waals surface area contributed by atoms with Crippen molar-refractivity contribution in [3.63, 3.8) is 0 Å². The molecule has 2 aromatic carbocycles. The van der Waals surface area contributed by atoms with Crippen molar-refractivity contribution in [1.29, 1.82) is 0 Å². The maximum absolute atomic E-state index is 12.5. The SMILES string of the molecule is NC(=O)c1cccc(CNC(=O)Cc2ccc(C(F)(F)F)cc2)c1. The predicted octanol–water partition coefficient (Wildman–Crippen LogP) is 2.66. The second kappa shape index (κ2) is 7.16. The molecule has 24 heavy (non-hydrogen) atoms. The Balaban J connectivity index is 1.92. The molecule has 2 amide bonds. The van der Waals surface area contributed by atoms with E-state index < -0.39 is 17.6 Å². The Morgan fingerprint density at radius 2 is 1.67 bits per heavy atom. The number of carbonyl (C=O) groups excluding carboxylic acids is 2. The Kier molecular flexibility index (Phi) is 5.23. The van der Waals surface area contributed by atoms with Crippen LogP contribution in [0.1, 0.15) is 27.0 Å². The Hall–Kier alpha value is -2.83. The van der Waals surface area contributed by atoms with Gasteiger partial charge in [-0.05, 0) is 35.4 Å². The van der Waals surface area contributed by atoms with Crippen LogP contribution in [0.15, 0.2) is 48.5 Å². The van der Waals surface area contributed by atoms with Gasteiger partial charge >= 0.3 is 6.18 Å². The molecule has 0 unspecified atom stereocenters. The number of hydrogen-bond donors (Lipinski definition) is 2. The Bertz CT molecular complexity index is 740. The van der Waals surface area contributed by atoms with Gasteiger partial charge in [-0.1, -0.05) is 24.3 Å². The zero-order valence-electron chi connectivity index (χ0n) is 12.6. The molecule has 0 heterocycles. The number of nitrogens with two attached hydrogens (primary N) is 1. The van der Waals surface area contributed by atoms with Gasteiger partial charge in [-0.15, -0.1) is 0 Å². The third kappa shape index (κ3) is 4.84. The van der Waals surface area contributed by atoms with Gasteiger partial charge in [0.05, 0.1) is 12.0 Å². The highest BCUT2D eigenvalue weighted by Gasteiger charge is 2.29. The van der Waals surface area contributed by atoms with Crippen molar-refractivity contribution in [1.82, 2.24) is 5.32 Å². The number of halogens is 3. The predicted molar refractivity (Wildman–Crippen MR) is 82.0 cm³/mol. The van der Waals surface area contributed by atoms with E-state index in [0.29, 0.717) is 16.7 Å². The summed E-state index contributed by atoms with van der Waals surface area (Å²) in [6.45, 7) is 0.195. The lowest BCUT2D eigenvalue weighted by Gasteiger charge is -2.08. The summed E-state index contributed by atoms with van der Waals surface area (Å²) in [7, 11) is 0. The molecule has 126 valence electrons. The summed E-state index contributed by atoms with van der Waals surface area (Å²) in [6, 6.07) is 10.9. The topological polar surface area (TPSA) is 72.2 Å². The van der Waals surface area contributed by atoms with E-state index in [2.05, 4.69) is 5.32 Å². The fraction of sp³-hybridized carbons (Fsp3) is 0.176. The van der Waals surface area contributed by atoms with Crippen molar-refractivity contribution in [3.05, 3.63) is 70.8 Å². The number of carbonyl (C=O) groups is 2. The zero-order chi connectivity index (χ0) is 17.7. The first-order valence-electron chi connectivity index (χ1n) is 7.07. The van der Waals surface area contributed by atoms with Crippen LogP contribution in [0.5, 0.6) is 0 Å². The number of primary amides is 1. The highest BCUT2D eigenvalue weighted by atomic mass is 19.4. The largest absolute Gasteiger partial charge is 0.416 e. The molecule has 2 aromatic rings. The summed E-state index contributed by atoms with van der Waals surface area (Å²) >= 11 is 0. The van der Waals surface area contributed by atoms with Gasteiger partial charge in [0.1, 0.15) is 0 Å². The average molecular weight is 336 g/mol. The summed E-state index contributed by atoms with van der Waals surface area (Å²) in [6.07, 6.45) is -4.43. The van der Waals surface area contributed by atoms with E-state index in [0.717, 1.165) is 12.1 Å². The molecule has 7 heteroatoms. The van der Waals surface area contributed by atoms with Crippen molar-refractivity contribution in [3.8, 4) is 0 Å². The maximum Gasteiger partial charge on any atom is 0.416 e. The molecule has 0 aromatic heterocycles. The normalized spacial score (nSPS) is 11.1. The van der Waals surface area contributed by atoms with Crippen LogP contribution in [0.3, 0.4) is 0 Å². The summed E-state index contributed by atoms with van der Waals surface area (Å²) < 4.78 is 37.4. The van der Waals surface area contributed by atoms with Crippen LogP contribution in [0, 0.1) is 0 Å². The van der Waals surface area contributed by atoms with E-state index in [1.54, 1.807) is 24.3 Å². The Morgan fingerprint density at radius 3 is 2.25 bits per heavy atom. The van der Waals surface area contributed by atoms with Crippen LogP contribution in [0.2, 0.25) is 0 Å². The molecule has 0 saturated heterocycles. The van der Waals surface area contributed by atoms with E-state index in [1.165, 1.54) is 12.1 Å². The van der Waals surface area contributed by atoms with Gasteiger partial charge in [-0.3, -0.25) is 9.59 Å². The third-order valence-electron chi connectivity index (χ3n) is 3.35. The number of amides is 2. The molecule has 2 rings (SSSR count). The standard InChI is InChI=1S/C17H15F3N2O2/c18-17(19,20)14-6-4-11(5-7-14)9-15(23)22-10-12-2-1-3-13(8-12)16(21)24/h1-8H,9-10H2,(H2,21,24)(H,22,23). The molecule has 0 saturated carbocycles. The average Bonchev–Trinajstić information content (AvgIpc) is 2.53. The van der Waals surface area contributed by atoms with Crippen LogP contribution >= 0.6 is 0 Å². The molecule has 0 bridgehead atoms. The van der Waals surface area contributed by atoms with Gasteiger partial charge in [-0.25, -0.2) is 0 Å². The molecular weight excluding hydrogens is 321 g/mol. The smallest absolute Gasteiger partial charge is 0.366 e. The number of hydrogen-bond acceptors (Lipinski definition) is 2.